The molecule has 27 heavy (non-hydrogen) atoms. The first kappa shape index (κ1) is 20.2. The molecular weight excluding hydrogens is 350 g/mol. The first-order valence-electron chi connectivity index (χ1n) is 8.36. The van der Waals surface area contributed by atoms with Crippen LogP contribution in [-0.4, -0.2) is 38.8 Å². The summed E-state index contributed by atoms with van der Waals surface area (Å²) in [6, 6.07) is 2.96. The van der Waals surface area contributed by atoms with Crippen molar-refractivity contribution in [3.05, 3.63) is 41.0 Å². The van der Waals surface area contributed by atoms with Crippen molar-refractivity contribution in [2.75, 3.05) is 21.3 Å². The van der Waals surface area contributed by atoms with Gasteiger partial charge >= 0.3 is 5.97 Å². The zero-order valence-corrected chi connectivity index (χ0v) is 16.3. The molecule has 144 valence electrons. The summed E-state index contributed by atoms with van der Waals surface area (Å²) >= 11 is 0. The summed E-state index contributed by atoms with van der Waals surface area (Å²) in [5, 5.41) is 3.92. The molecule has 0 aromatic heterocycles. The van der Waals surface area contributed by atoms with Crippen LogP contribution in [0.15, 0.2) is 40.6 Å². The van der Waals surface area contributed by atoms with Gasteiger partial charge < -0.3 is 19.0 Å². The molecule has 0 atom stereocenters. The number of methoxy groups -OCH3 is 3. The minimum Gasteiger partial charge on any atom is -0.493 e. The summed E-state index contributed by atoms with van der Waals surface area (Å²) in [4.78, 5) is 29.5. The van der Waals surface area contributed by atoms with Crippen molar-refractivity contribution in [3.8, 4) is 17.2 Å². The van der Waals surface area contributed by atoms with Crippen LogP contribution in [0.3, 0.4) is 0 Å². The van der Waals surface area contributed by atoms with Crippen molar-refractivity contribution < 1.29 is 28.6 Å². The summed E-state index contributed by atoms with van der Waals surface area (Å²) in [5.74, 6) is 0.328. The maximum absolute atomic E-state index is 12.4. The van der Waals surface area contributed by atoms with Gasteiger partial charge in [0.2, 0.25) is 5.75 Å². The number of allylic oxidation sites excluding steroid dienone is 4. The SMILES string of the molecule is COc1cc(C(=O)O/N=C2/C=C(C(C)C)C(=O)C=C2C)cc(OC)c1OC. The molecule has 0 aliphatic heterocycles. The van der Waals surface area contributed by atoms with Crippen LogP contribution in [0.4, 0.5) is 0 Å². The standard InChI is InChI=1S/C20H23NO6/c1-11(2)14-10-15(12(3)7-16(14)22)21-27-20(23)13-8-17(24-4)19(26-6)18(9-13)25-5/h7-11H,1-6H3/b21-15-. The van der Waals surface area contributed by atoms with E-state index in [2.05, 4.69) is 5.16 Å². The molecule has 0 amide bonds. The van der Waals surface area contributed by atoms with Gasteiger partial charge in [0.1, 0.15) is 5.71 Å². The Labute approximate surface area is 158 Å². The lowest BCUT2D eigenvalue weighted by atomic mass is 9.90. The second-order valence-electron chi connectivity index (χ2n) is 6.22. The second-order valence-corrected chi connectivity index (χ2v) is 6.22. The first-order chi connectivity index (χ1) is 12.8. The fraction of sp³-hybridized carbons (Fsp3) is 0.350. The monoisotopic (exact) mass is 373 g/mol. The summed E-state index contributed by atoms with van der Waals surface area (Å²) in [6.07, 6.45) is 3.13. The van der Waals surface area contributed by atoms with E-state index in [0.29, 0.717) is 34.1 Å². The molecule has 0 saturated heterocycles. The van der Waals surface area contributed by atoms with Crippen molar-refractivity contribution in [2.45, 2.75) is 20.8 Å². The average Bonchev–Trinajstić information content (AvgIpc) is 2.65. The molecule has 0 radical (unpaired) electrons. The zero-order chi connectivity index (χ0) is 20.1. The Morgan fingerprint density at radius 1 is 1.00 bits per heavy atom. The van der Waals surface area contributed by atoms with Crippen LogP contribution < -0.4 is 14.2 Å². The minimum atomic E-state index is -0.689. The lowest BCUT2D eigenvalue weighted by Crippen LogP contribution is -2.16. The quantitative estimate of drug-likeness (QED) is 0.432. The molecule has 0 heterocycles. The van der Waals surface area contributed by atoms with Gasteiger partial charge in [0.25, 0.3) is 0 Å². The Kier molecular flexibility index (Phi) is 6.39. The fourth-order valence-electron chi connectivity index (χ4n) is 2.58. The first-order valence-corrected chi connectivity index (χ1v) is 8.36. The third-order valence-electron chi connectivity index (χ3n) is 4.08. The molecule has 7 heteroatoms. The van der Waals surface area contributed by atoms with Gasteiger partial charge in [0, 0.05) is 5.57 Å². The van der Waals surface area contributed by atoms with E-state index in [4.69, 9.17) is 19.0 Å². The predicted molar refractivity (Wildman–Crippen MR) is 101 cm³/mol. The largest absolute Gasteiger partial charge is 0.493 e. The molecule has 1 aromatic carbocycles. The number of nitrogens with zero attached hydrogens (tertiary/aromatic N) is 1. The van der Waals surface area contributed by atoms with Crippen LogP contribution in [0.25, 0.3) is 0 Å². The van der Waals surface area contributed by atoms with E-state index in [1.54, 1.807) is 13.0 Å². The van der Waals surface area contributed by atoms with Crippen LogP contribution in [0.2, 0.25) is 0 Å². The van der Waals surface area contributed by atoms with Crippen molar-refractivity contribution in [2.24, 2.45) is 11.1 Å². The van der Waals surface area contributed by atoms with Crippen molar-refractivity contribution in [3.63, 3.8) is 0 Å². The Balaban J connectivity index is 2.31. The molecule has 0 N–H and O–H groups in total. The molecule has 7 nitrogen and oxygen atoms in total. The van der Waals surface area contributed by atoms with Gasteiger partial charge in [-0.1, -0.05) is 19.0 Å². The zero-order valence-electron chi connectivity index (χ0n) is 16.3. The Morgan fingerprint density at radius 2 is 1.59 bits per heavy atom. The van der Waals surface area contributed by atoms with E-state index < -0.39 is 5.97 Å². The number of hydrogen-bond acceptors (Lipinski definition) is 7. The number of carbonyl (C=O) groups excluding carboxylic acids is 2. The molecule has 2 rings (SSSR count). The summed E-state index contributed by atoms with van der Waals surface area (Å²) in [5.41, 5.74) is 1.86. The molecular formula is C20H23NO6. The molecule has 0 saturated carbocycles. The maximum atomic E-state index is 12.4. The minimum absolute atomic E-state index is 0.0397. The van der Waals surface area contributed by atoms with Gasteiger partial charge in [-0.05, 0) is 42.7 Å². The highest BCUT2D eigenvalue weighted by Gasteiger charge is 2.21. The third kappa shape index (κ3) is 4.36. The van der Waals surface area contributed by atoms with E-state index in [9.17, 15) is 9.59 Å². The van der Waals surface area contributed by atoms with Gasteiger partial charge in [0.05, 0.1) is 26.9 Å². The van der Waals surface area contributed by atoms with Crippen molar-refractivity contribution in [1.29, 1.82) is 0 Å². The number of hydrogen-bond donors (Lipinski definition) is 0. The van der Waals surface area contributed by atoms with Crippen LogP contribution in [0.5, 0.6) is 17.2 Å². The van der Waals surface area contributed by atoms with Gasteiger partial charge in [-0.3, -0.25) is 4.79 Å². The molecule has 0 spiro atoms. The number of benzene rings is 1. The molecule has 1 aliphatic carbocycles. The summed E-state index contributed by atoms with van der Waals surface area (Å²) in [6.45, 7) is 5.56. The summed E-state index contributed by atoms with van der Waals surface area (Å²) < 4.78 is 15.7. The number of carbonyl (C=O) groups is 2. The van der Waals surface area contributed by atoms with Crippen LogP contribution >= 0.6 is 0 Å². The Hall–Kier alpha value is -3.09. The van der Waals surface area contributed by atoms with E-state index >= 15 is 0 Å². The lowest BCUT2D eigenvalue weighted by molar-refractivity contribution is -0.111. The van der Waals surface area contributed by atoms with Gasteiger partial charge in [-0.15, -0.1) is 0 Å². The Bertz CT molecular complexity index is 823. The molecule has 1 aromatic rings. The van der Waals surface area contributed by atoms with Crippen LogP contribution in [0, 0.1) is 5.92 Å². The Morgan fingerprint density at radius 3 is 2.07 bits per heavy atom. The fourth-order valence-corrected chi connectivity index (χ4v) is 2.58. The number of ether oxygens (including phenoxy) is 3. The van der Waals surface area contributed by atoms with Gasteiger partial charge in [0.15, 0.2) is 17.3 Å². The average molecular weight is 373 g/mol. The number of oxime groups is 1. The molecule has 0 unspecified atom stereocenters. The predicted octanol–water partition coefficient (Wildman–Crippen LogP) is 3.34. The second kappa shape index (κ2) is 8.53. The van der Waals surface area contributed by atoms with Crippen LogP contribution in [-0.2, 0) is 9.63 Å². The normalized spacial score (nSPS) is 15.4. The van der Waals surface area contributed by atoms with E-state index in [1.807, 2.05) is 13.8 Å². The maximum Gasteiger partial charge on any atom is 0.366 e. The van der Waals surface area contributed by atoms with Crippen LogP contribution in [0.1, 0.15) is 31.1 Å². The molecule has 0 bridgehead atoms. The summed E-state index contributed by atoms with van der Waals surface area (Å²) in [7, 11) is 4.39. The highest BCUT2D eigenvalue weighted by Crippen LogP contribution is 2.38. The van der Waals surface area contributed by atoms with Gasteiger partial charge in [-0.25, -0.2) is 4.79 Å². The van der Waals surface area contributed by atoms with Crippen molar-refractivity contribution in [1.82, 2.24) is 0 Å². The lowest BCUT2D eigenvalue weighted by Gasteiger charge is -2.15. The van der Waals surface area contributed by atoms with E-state index in [1.165, 1.54) is 39.5 Å². The van der Waals surface area contributed by atoms with E-state index in [-0.39, 0.29) is 17.3 Å². The van der Waals surface area contributed by atoms with Gasteiger partial charge in [-0.2, -0.15) is 0 Å². The van der Waals surface area contributed by atoms with Crippen molar-refractivity contribution >= 4 is 17.5 Å². The number of rotatable bonds is 6. The smallest absolute Gasteiger partial charge is 0.366 e. The highest BCUT2D eigenvalue weighted by molar-refractivity contribution is 6.21. The highest BCUT2D eigenvalue weighted by atomic mass is 16.7. The molecule has 0 fully saturated rings. The van der Waals surface area contributed by atoms with E-state index in [0.717, 1.165) is 0 Å². The third-order valence-corrected chi connectivity index (χ3v) is 4.08. The number of ketones is 1. The molecule has 1 aliphatic rings. The topological polar surface area (TPSA) is 83.4 Å².